The second-order valence-corrected chi connectivity index (χ2v) is 13.4. The molecule has 4 heteroatoms. The zero-order valence-corrected chi connectivity index (χ0v) is 26.5. The van der Waals surface area contributed by atoms with Crippen LogP contribution in [-0.2, 0) is 5.41 Å². The van der Waals surface area contributed by atoms with Crippen molar-refractivity contribution in [2.75, 3.05) is 11.5 Å². The molecule has 0 aliphatic heterocycles. The van der Waals surface area contributed by atoms with Crippen LogP contribution in [0.1, 0.15) is 81.8 Å². The van der Waals surface area contributed by atoms with Crippen LogP contribution < -0.4 is 20.9 Å². The minimum atomic E-state index is -0.0291. The zero-order chi connectivity index (χ0) is 31.1. The van der Waals surface area contributed by atoms with Crippen molar-refractivity contribution in [1.29, 1.82) is 0 Å². The number of rotatable bonds is 11. The molecule has 2 aliphatic rings. The van der Waals surface area contributed by atoms with Gasteiger partial charge < -0.3 is 20.9 Å². The molecule has 0 unspecified atom stereocenters. The van der Waals surface area contributed by atoms with Crippen molar-refractivity contribution >= 4 is 11.4 Å². The van der Waals surface area contributed by atoms with Gasteiger partial charge in [0.05, 0.1) is 0 Å². The van der Waals surface area contributed by atoms with E-state index in [1.54, 1.807) is 0 Å². The molecule has 6 rings (SSSR count). The van der Waals surface area contributed by atoms with E-state index in [1.807, 2.05) is 48.5 Å². The van der Waals surface area contributed by atoms with Gasteiger partial charge in [0.1, 0.15) is 23.0 Å². The van der Waals surface area contributed by atoms with Gasteiger partial charge in [0.25, 0.3) is 0 Å². The average molecular weight is 601 g/mol. The van der Waals surface area contributed by atoms with Gasteiger partial charge in [0, 0.05) is 16.8 Å². The summed E-state index contributed by atoms with van der Waals surface area (Å²) in [5, 5.41) is 0. The number of nitrogen functional groups attached to an aromatic ring is 2. The van der Waals surface area contributed by atoms with Gasteiger partial charge in [-0.15, -0.1) is 6.58 Å². The van der Waals surface area contributed by atoms with E-state index in [0.29, 0.717) is 0 Å². The lowest BCUT2D eigenvalue weighted by atomic mass is 9.62. The molecule has 4 aromatic carbocycles. The molecular weight excluding hydrogens is 552 g/mol. The van der Waals surface area contributed by atoms with Gasteiger partial charge in [-0.3, -0.25) is 0 Å². The number of ether oxygens (including phenoxy) is 2. The molecule has 0 spiro atoms. The van der Waals surface area contributed by atoms with Gasteiger partial charge in [-0.1, -0.05) is 56.0 Å². The summed E-state index contributed by atoms with van der Waals surface area (Å²) in [6, 6.07) is 32.6. The monoisotopic (exact) mass is 600 g/mol. The highest BCUT2D eigenvalue weighted by Crippen LogP contribution is 2.49. The summed E-state index contributed by atoms with van der Waals surface area (Å²) >= 11 is 0. The van der Waals surface area contributed by atoms with Gasteiger partial charge in [-0.25, -0.2) is 0 Å². The molecule has 4 aromatic rings. The Balaban J connectivity index is 1.16. The SMILES string of the molecule is C=CC[C@H]1CC[C@H](CCC2CCC(c3ccc(Oc4ccc(N)cc4)cc3)(c3ccc(Oc4ccc(N)cc4)cc3)CC2)CC1. The summed E-state index contributed by atoms with van der Waals surface area (Å²) in [5.41, 5.74) is 15.9. The summed E-state index contributed by atoms with van der Waals surface area (Å²) in [6.45, 7) is 3.95. The molecule has 4 nitrogen and oxygen atoms in total. The van der Waals surface area contributed by atoms with E-state index >= 15 is 0 Å². The molecular formula is C41H48N2O2. The van der Waals surface area contributed by atoms with E-state index in [4.69, 9.17) is 20.9 Å². The van der Waals surface area contributed by atoms with Crippen molar-refractivity contribution in [1.82, 2.24) is 0 Å². The summed E-state index contributed by atoms with van der Waals surface area (Å²) in [4.78, 5) is 0. The van der Waals surface area contributed by atoms with Gasteiger partial charge in [-0.2, -0.15) is 0 Å². The topological polar surface area (TPSA) is 70.5 Å². The second kappa shape index (κ2) is 14.3. The van der Waals surface area contributed by atoms with Crippen LogP contribution in [0.2, 0.25) is 0 Å². The first-order valence-corrected chi connectivity index (χ1v) is 16.9. The lowest BCUT2D eigenvalue weighted by Gasteiger charge is -2.42. The first-order chi connectivity index (χ1) is 22.0. The molecule has 0 heterocycles. The third-order valence-corrected chi connectivity index (χ3v) is 10.5. The van der Waals surface area contributed by atoms with Crippen molar-refractivity contribution in [3.63, 3.8) is 0 Å². The second-order valence-electron chi connectivity index (χ2n) is 13.4. The third-order valence-electron chi connectivity index (χ3n) is 10.5. The van der Waals surface area contributed by atoms with Crippen LogP contribution >= 0.6 is 0 Å². The molecule has 0 amide bonds. The Kier molecular flexibility index (Phi) is 9.78. The summed E-state index contributed by atoms with van der Waals surface area (Å²) in [5.74, 6) is 5.85. The van der Waals surface area contributed by atoms with E-state index in [9.17, 15) is 0 Å². The molecule has 0 radical (unpaired) electrons. The zero-order valence-electron chi connectivity index (χ0n) is 26.5. The van der Waals surface area contributed by atoms with E-state index in [2.05, 4.69) is 61.2 Å². The highest BCUT2D eigenvalue weighted by atomic mass is 16.5. The van der Waals surface area contributed by atoms with Crippen LogP contribution in [0.5, 0.6) is 23.0 Å². The minimum Gasteiger partial charge on any atom is -0.457 e. The van der Waals surface area contributed by atoms with Crippen LogP contribution in [-0.4, -0.2) is 0 Å². The molecule has 234 valence electrons. The Bertz CT molecular complexity index is 1400. The molecule has 0 atom stereocenters. The summed E-state index contributed by atoms with van der Waals surface area (Å²) < 4.78 is 12.3. The normalized spacial score (nSPS) is 19.9. The van der Waals surface area contributed by atoms with Gasteiger partial charge in [-0.05, 0) is 147 Å². The van der Waals surface area contributed by atoms with Gasteiger partial charge in [0.15, 0.2) is 0 Å². The highest BCUT2D eigenvalue weighted by molar-refractivity contribution is 5.47. The lowest BCUT2D eigenvalue weighted by Crippen LogP contribution is -2.33. The Labute approximate surface area is 269 Å². The fourth-order valence-electron chi connectivity index (χ4n) is 7.69. The molecule has 2 aliphatic carbocycles. The highest BCUT2D eigenvalue weighted by Gasteiger charge is 2.38. The standard InChI is InChI=1S/C41H48N2O2/c1-2-3-30-4-6-31(7-5-30)8-9-32-26-28-41(29-27-32,33-10-18-37(19-11-33)44-39-22-14-35(42)15-23-39)34-12-20-38(21-13-34)45-40-24-16-36(43)17-25-40/h2,10-25,30-32H,1,3-9,26-29,42-43H2/t30-,31-. The van der Waals surface area contributed by atoms with Crippen LogP contribution in [0.15, 0.2) is 110 Å². The van der Waals surface area contributed by atoms with E-state index < -0.39 is 0 Å². The number of anilines is 2. The van der Waals surface area contributed by atoms with E-state index in [0.717, 1.165) is 65.0 Å². The fourth-order valence-corrected chi connectivity index (χ4v) is 7.69. The predicted molar refractivity (Wildman–Crippen MR) is 187 cm³/mol. The lowest BCUT2D eigenvalue weighted by molar-refractivity contribution is 0.214. The smallest absolute Gasteiger partial charge is 0.127 e. The Morgan fingerprint density at radius 3 is 1.29 bits per heavy atom. The van der Waals surface area contributed by atoms with Gasteiger partial charge in [0.2, 0.25) is 0 Å². The maximum Gasteiger partial charge on any atom is 0.127 e. The number of nitrogens with two attached hydrogens (primary N) is 2. The van der Waals surface area contributed by atoms with E-state index in [1.165, 1.54) is 68.9 Å². The van der Waals surface area contributed by atoms with Crippen LogP contribution in [0.25, 0.3) is 0 Å². The van der Waals surface area contributed by atoms with Crippen molar-refractivity contribution < 1.29 is 9.47 Å². The predicted octanol–water partition coefficient (Wildman–Crippen LogP) is 11.1. The molecule has 45 heavy (non-hydrogen) atoms. The van der Waals surface area contributed by atoms with E-state index in [-0.39, 0.29) is 5.41 Å². The van der Waals surface area contributed by atoms with Crippen LogP contribution in [0.3, 0.4) is 0 Å². The summed E-state index contributed by atoms with van der Waals surface area (Å²) in [6.07, 6.45) is 16.5. The molecule has 0 aromatic heterocycles. The minimum absolute atomic E-state index is 0.0291. The number of allylic oxidation sites excluding steroid dienone is 1. The molecule has 2 saturated carbocycles. The fraction of sp³-hybridized carbons (Fsp3) is 0.366. The molecule has 0 saturated heterocycles. The van der Waals surface area contributed by atoms with Gasteiger partial charge >= 0.3 is 0 Å². The number of hydrogen-bond acceptors (Lipinski definition) is 4. The first kappa shape index (κ1) is 30.8. The third kappa shape index (κ3) is 7.73. The van der Waals surface area contributed by atoms with Crippen molar-refractivity contribution in [2.45, 2.75) is 76.0 Å². The Morgan fingerprint density at radius 1 is 0.533 bits per heavy atom. The van der Waals surface area contributed by atoms with Crippen molar-refractivity contribution in [3.05, 3.63) is 121 Å². The number of hydrogen-bond donors (Lipinski definition) is 2. The summed E-state index contributed by atoms with van der Waals surface area (Å²) in [7, 11) is 0. The maximum absolute atomic E-state index is 6.14. The quantitative estimate of drug-likeness (QED) is 0.133. The Hall–Kier alpha value is -4.18. The Morgan fingerprint density at radius 2 is 0.889 bits per heavy atom. The maximum atomic E-state index is 6.14. The molecule has 0 bridgehead atoms. The van der Waals surface area contributed by atoms with Crippen LogP contribution in [0, 0.1) is 17.8 Å². The first-order valence-electron chi connectivity index (χ1n) is 16.9. The largest absolute Gasteiger partial charge is 0.457 e. The van der Waals surface area contributed by atoms with Crippen LogP contribution in [0.4, 0.5) is 11.4 Å². The average Bonchev–Trinajstić information content (AvgIpc) is 3.08. The number of benzene rings is 4. The van der Waals surface area contributed by atoms with Crippen molar-refractivity contribution in [3.8, 4) is 23.0 Å². The molecule has 4 N–H and O–H groups in total. The molecule has 2 fully saturated rings. The van der Waals surface area contributed by atoms with Crippen molar-refractivity contribution in [2.24, 2.45) is 17.8 Å².